The third kappa shape index (κ3) is 3.54. The molecule has 4 aromatic heterocycles. The molecule has 0 fully saturated rings. The number of rotatable bonds is 3. The van der Waals surface area contributed by atoms with Gasteiger partial charge < -0.3 is 9.13 Å². The minimum atomic E-state index is 1.16. The van der Waals surface area contributed by atoms with Crippen LogP contribution in [0, 0.1) is 0 Å². The molecule has 4 heteroatoms. The molecule has 4 heterocycles. The number of aromatic nitrogens is 3. The van der Waals surface area contributed by atoms with Crippen LogP contribution in [-0.2, 0) is 0 Å². The molecule has 0 amide bonds. The van der Waals surface area contributed by atoms with Crippen LogP contribution in [0.15, 0.2) is 152 Å². The van der Waals surface area contributed by atoms with E-state index in [1.807, 2.05) is 23.7 Å². The van der Waals surface area contributed by atoms with Crippen LogP contribution < -0.4 is 0 Å². The Hall–Kier alpha value is -5.71. The van der Waals surface area contributed by atoms with Crippen LogP contribution in [0.2, 0.25) is 0 Å². The van der Waals surface area contributed by atoms with Crippen molar-refractivity contribution in [2.75, 3.05) is 0 Å². The molecular formula is C41H25N3S. The summed E-state index contributed by atoms with van der Waals surface area (Å²) in [5, 5.41) is 7.60. The highest BCUT2D eigenvalue weighted by molar-refractivity contribution is 7.25. The van der Waals surface area contributed by atoms with Crippen molar-refractivity contribution in [3.63, 3.8) is 0 Å². The lowest BCUT2D eigenvalue weighted by Gasteiger charge is -2.09. The standard InChI is InChI=1S/C41H25N3S/c1-3-9-28(10-4-1)43-34-14-8-7-13-31(34)40-35(43)19-20-36-41(40)32-18-16-26(23-37(32)44(36)29-11-5-2-6-12-29)27-15-17-30-33-25-42-22-21-38(33)45-39(30)24-27/h1-25H. The Morgan fingerprint density at radius 1 is 0.422 bits per heavy atom. The molecule has 0 aliphatic heterocycles. The molecule has 0 saturated carbocycles. The monoisotopic (exact) mass is 591 g/mol. The second-order valence-electron chi connectivity index (χ2n) is 11.6. The van der Waals surface area contributed by atoms with Gasteiger partial charge in [0.05, 0.1) is 22.1 Å². The largest absolute Gasteiger partial charge is 0.309 e. The number of thiophene rings is 1. The average Bonchev–Trinajstić information content (AvgIpc) is 3.75. The van der Waals surface area contributed by atoms with Crippen LogP contribution in [0.5, 0.6) is 0 Å². The molecular weight excluding hydrogens is 567 g/mol. The zero-order valence-electron chi connectivity index (χ0n) is 24.2. The van der Waals surface area contributed by atoms with E-state index in [-0.39, 0.29) is 0 Å². The van der Waals surface area contributed by atoms with Crippen LogP contribution in [0.1, 0.15) is 0 Å². The highest BCUT2D eigenvalue weighted by Crippen LogP contribution is 2.43. The summed E-state index contributed by atoms with van der Waals surface area (Å²) in [5.41, 5.74) is 9.62. The van der Waals surface area contributed by atoms with Crippen molar-refractivity contribution >= 4 is 75.1 Å². The molecule has 210 valence electrons. The smallest absolute Gasteiger partial charge is 0.0548 e. The van der Waals surface area contributed by atoms with Gasteiger partial charge in [-0.2, -0.15) is 0 Å². The van der Waals surface area contributed by atoms with E-state index in [0.717, 1.165) is 5.69 Å². The van der Waals surface area contributed by atoms with Crippen LogP contribution in [0.4, 0.5) is 0 Å². The Bertz CT molecular complexity index is 2750. The third-order valence-electron chi connectivity index (χ3n) is 9.20. The molecule has 3 nitrogen and oxygen atoms in total. The number of hydrogen-bond donors (Lipinski definition) is 0. The fraction of sp³-hybridized carbons (Fsp3) is 0. The van der Waals surface area contributed by atoms with E-state index < -0.39 is 0 Å². The van der Waals surface area contributed by atoms with Gasteiger partial charge in [0, 0.05) is 65.5 Å². The van der Waals surface area contributed by atoms with Crippen LogP contribution in [-0.4, -0.2) is 14.1 Å². The predicted octanol–water partition coefficient (Wildman–Crippen LogP) is 11.3. The molecule has 0 aliphatic carbocycles. The van der Waals surface area contributed by atoms with E-state index >= 15 is 0 Å². The first kappa shape index (κ1) is 24.7. The van der Waals surface area contributed by atoms with E-state index in [9.17, 15) is 0 Å². The van der Waals surface area contributed by atoms with Gasteiger partial charge in [-0.05, 0) is 71.8 Å². The second kappa shape index (κ2) is 9.39. The zero-order chi connectivity index (χ0) is 29.5. The Morgan fingerprint density at radius 2 is 1.02 bits per heavy atom. The number of nitrogens with zero attached hydrogens (tertiary/aromatic N) is 3. The van der Waals surface area contributed by atoms with E-state index in [4.69, 9.17) is 0 Å². The first-order valence-corrected chi connectivity index (χ1v) is 16.0. The van der Waals surface area contributed by atoms with Gasteiger partial charge in [-0.25, -0.2) is 0 Å². The van der Waals surface area contributed by atoms with E-state index in [0.29, 0.717) is 0 Å². The molecule has 0 bridgehead atoms. The van der Waals surface area contributed by atoms with Gasteiger partial charge >= 0.3 is 0 Å². The lowest BCUT2D eigenvalue weighted by molar-refractivity contribution is 1.17. The minimum Gasteiger partial charge on any atom is -0.309 e. The topological polar surface area (TPSA) is 22.8 Å². The molecule has 10 rings (SSSR count). The molecule has 10 aromatic rings. The molecule has 0 unspecified atom stereocenters. The minimum absolute atomic E-state index is 1.16. The molecule has 0 saturated heterocycles. The Kier molecular flexibility index (Phi) is 5.16. The molecule has 0 spiro atoms. The highest BCUT2D eigenvalue weighted by atomic mass is 32.1. The number of hydrogen-bond acceptors (Lipinski definition) is 2. The molecule has 0 N–H and O–H groups in total. The summed E-state index contributed by atoms with van der Waals surface area (Å²) < 4.78 is 7.40. The SMILES string of the molecule is c1ccc(-n2c3ccccc3c3c4c5ccc(-c6ccc7c(c6)sc6ccncc67)cc5n(-c5ccccc5)c4ccc32)cc1. The van der Waals surface area contributed by atoms with Crippen molar-refractivity contribution in [2.24, 2.45) is 0 Å². The van der Waals surface area contributed by atoms with Crippen molar-refractivity contribution in [3.8, 4) is 22.5 Å². The maximum absolute atomic E-state index is 4.37. The lowest BCUT2D eigenvalue weighted by Crippen LogP contribution is -1.94. The summed E-state index contributed by atoms with van der Waals surface area (Å²) in [6.07, 6.45) is 3.86. The van der Waals surface area contributed by atoms with Crippen LogP contribution >= 0.6 is 11.3 Å². The van der Waals surface area contributed by atoms with E-state index in [1.165, 1.54) is 80.6 Å². The van der Waals surface area contributed by atoms with Gasteiger partial charge in [-0.15, -0.1) is 11.3 Å². The zero-order valence-corrected chi connectivity index (χ0v) is 25.0. The number of benzene rings is 6. The second-order valence-corrected chi connectivity index (χ2v) is 12.7. The van der Waals surface area contributed by atoms with Gasteiger partial charge in [0.2, 0.25) is 0 Å². The van der Waals surface area contributed by atoms with Gasteiger partial charge in [-0.3, -0.25) is 4.98 Å². The fourth-order valence-electron chi connectivity index (χ4n) is 7.26. The molecule has 0 radical (unpaired) electrons. The molecule has 0 atom stereocenters. The first-order valence-electron chi connectivity index (χ1n) is 15.2. The van der Waals surface area contributed by atoms with Gasteiger partial charge in [0.25, 0.3) is 0 Å². The maximum Gasteiger partial charge on any atom is 0.0548 e. The summed E-state index contributed by atoms with van der Waals surface area (Å²) >= 11 is 1.83. The van der Waals surface area contributed by atoms with Gasteiger partial charge in [0.15, 0.2) is 0 Å². The fourth-order valence-corrected chi connectivity index (χ4v) is 8.37. The molecule has 6 aromatic carbocycles. The van der Waals surface area contributed by atoms with Crippen LogP contribution in [0.3, 0.4) is 0 Å². The Balaban J connectivity index is 1.30. The third-order valence-corrected chi connectivity index (χ3v) is 10.3. The van der Waals surface area contributed by atoms with Crippen molar-refractivity contribution in [2.45, 2.75) is 0 Å². The summed E-state index contributed by atoms with van der Waals surface area (Å²) in [5.74, 6) is 0. The first-order chi connectivity index (χ1) is 22.3. The molecule has 0 aliphatic rings. The number of fused-ring (bicyclic) bond motifs is 10. The summed E-state index contributed by atoms with van der Waals surface area (Å²) in [7, 11) is 0. The Labute approximate surface area is 262 Å². The summed E-state index contributed by atoms with van der Waals surface area (Å²) in [6.45, 7) is 0. The summed E-state index contributed by atoms with van der Waals surface area (Å²) in [6, 6.07) is 50.8. The van der Waals surface area contributed by atoms with E-state index in [1.54, 1.807) is 0 Å². The van der Waals surface area contributed by atoms with Crippen molar-refractivity contribution in [3.05, 3.63) is 152 Å². The predicted molar refractivity (Wildman–Crippen MR) is 191 cm³/mol. The van der Waals surface area contributed by atoms with Gasteiger partial charge in [-0.1, -0.05) is 78.9 Å². The van der Waals surface area contributed by atoms with Crippen molar-refractivity contribution in [1.29, 1.82) is 0 Å². The summed E-state index contributed by atoms with van der Waals surface area (Å²) in [4.78, 5) is 4.37. The average molecular weight is 592 g/mol. The number of pyridine rings is 1. The van der Waals surface area contributed by atoms with Gasteiger partial charge in [0.1, 0.15) is 0 Å². The normalized spacial score (nSPS) is 12.0. The lowest BCUT2D eigenvalue weighted by atomic mass is 10.0. The highest BCUT2D eigenvalue weighted by Gasteiger charge is 2.21. The van der Waals surface area contributed by atoms with Crippen molar-refractivity contribution < 1.29 is 0 Å². The number of para-hydroxylation sites is 3. The quantitative estimate of drug-likeness (QED) is 0.200. The maximum atomic E-state index is 4.37. The molecule has 45 heavy (non-hydrogen) atoms. The van der Waals surface area contributed by atoms with Crippen molar-refractivity contribution in [1.82, 2.24) is 14.1 Å². The van der Waals surface area contributed by atoms with Crippen LogP contribution in [0.25, 0.3) is 86.3 Å². The Morgan fingerprint density at radius 3 is 1.76 bits per heavy atom. The van der Waals surface area contributed by atoms with E-state index in [2.05, 4.69) is 154 Å².